The van der Waals surface area contributed by atoms with Crippen LogP contribution >= 0.6 is 0 Å². The number of fused-ring (bicyclic) bond motifs is 1. The van der Waals surface area contributed by atoms with Gasteiger partial charge in [-0.3, -0.25) is 4.79 Å². The Morgan fingerprint density at radius 2 is 2.00 bits per heavy atom. The van der Waals surface area contributed by atoms with Crippen LogP contribution in [-0.4, -0.2) is 36.7 Å². The van der Waals surface area contributed by atoms with E-state index in [1.165, 1.54) is 6.07 Å². The number of carboxylic acid groups (broad SMARTS) is 1. The minimum Gasteiger partial charge on any atom is -0.481 e. The summed E-state index contributed by atoms with van der Waals surface area (Å²) >= 11 is 0. The Morgan fingerprint density at radius 1 is 1.26 bits per heavy atom. The van der Waals surface area contributed by atoms with E-state index >= 15 is 0 Å². The van der Waals surface area contributed by atoms with Gasteiger partial charge in [0.05, 0.1) is 18.8 Å². The summed E-state index contributed by atoms with van der Waals surface area (Å²) in [4.78, 5) is 30.1. The second kappa shape index (κ2) is 6.82. The van der Waals surface area contributed by atoms with Crippen molar-refractivity contribution in [2.45, 2.75) is 27.2 Å². The molecule has 0 unspecified atom stereocenters. The van der Waals surface area contributed by atoms with Crippen molar-refractivity contribution in [3.05, 3.63) is 36.3 Å². The average molecular weight is 373 g/mol. The lowest BCUT2D eigenvalue weighted by atomic mass is 9.88. The molecule has 3 aromatic rings. The van der Waals surface area contributed by atoms with Gasteiger partial charge in [-0.1, -0.05) is 20.8 Å². The summed E-state index contributed by atoms with van der Waals surface area (Å²) in [6.07, 6.45) is 3.23. The van der Waals surface area contributed by atoms with E-state index in [1.54, 1.807) is 27.0 Å². The minimum absolute atomic E-state index is 0.123. The number of hydrogen-bond acceptors (Lipinski definition) is 5. The maximum absolute atomic E-state index is 14.2. The molecule has 0 aliphatic rings. The van der Waals surface area contributed by atoms with Crippen LogP contribution in [0.1, 0.15) is 27.2 Å². The topological polar surface area (TPSA) is 104 Å². The molecule has 0 bridgehead atoms. The van der Waals surface area contributed by atoms with Gasteiger partial charge < -0.3 is 10.1 Å². The van der Waals surface area contributed by atoms with Crippen molar-refractivity contribution in [1.82, 2.24) is 19.9 Å². The van der Waals surface area contributed by atoms with Crippen molar-refractivity contribution >= 4 is 28.5 Å². The van der Waals surface area contributed by atoms with Crippen LogP contribution < -0.4 is 0 Å². The zero-order chi connectivity index (χ0) is 19.8. The van der Waals surface area contributed by atoms with Gasteiger partial charge >= 0.3 is 5.97 Å². The number of carboxylic acids is 1. The zero-order valence-corrected chi connectivity index (χ0v) is 14.9. The Morgan fingerprint density at radius 3 is 2.67 bits per heavy atom. The van der Waals surface area contributed by atoms with E-state index in [1.807, 2.05) is 0 Å². The third-order valence-corrected chi connectivity index (χ3v) is 3.89. The molecule has 3 rings (SSSR count). The molecule has 0 atom stereocenters. The van der Waals surface area contributed by atoms with Gasteiger partial charge in [0.15, 0.2) is 17.5 Å². The first-order chi connectivity index (χ1) is 12.6. The fourth-order valence-electron chi connectivity index (χ4n) is 2.47. The van der Waals surface area contributed by atoms with Gasteiger partial charge in [-0.05, 0) is 6.07 Å². The van der Waals surface area contributed by atoms with Crippen molar-refractivity contribution in [2.24, 2.45) is 10.4 Å². The van der Waals surface area contributed by atoms with Crippen molar-refractivity contribution in [2.75, 3.05) is 0 Å². The van der Waals surface area contributed by atoms with Crippen LogP contribution in [0.25, 0.3) is 22.4 Å². The number of aliphatic imine (C=N–C) groups is 1. The molecule has 0 fully saturated rings. The van der Waals surface area contributed by atoms with Crippen molar-refractivity contribution in [3.63, 3.8) is 0 Å². The maximum atomic E-state index is 14.2. The predicted molar refractivity (Wildman–Crippen MR) is 95.8 cm³/mol. The molecule has 0 saturated heterocycles. The minimum atomic E-state index is -1.07. The van der Waals surface area contributed by atoms with Crippen LogP contribution in [0.2, 0.25) is 0 Å². The summed E-state index contributed by atoms with van der Waals surface area (Å²) in [5, 5.41) is 9.53. The highest BCUT2D eigenvalue weighted by atomic mass is 19.1. The van der Waals surface area contributed by atoms with E-state index in [4.69, 9.17) is 5.11 Å². The molecule has 7 nitrogen and oxygen atoms in total. The molecular formula is C18H17F2N5O2. The molecule has 27 heavy (non-hydrogen) atoms. The van der Waals surface area contributed by atoms with E-state index in [0.29, 0.717) is 16.6 Å². The van der Waals surface area contributed by atoms with E-state index in [9.17, 15) is 13.6 Å². The number of hydrogen-bond donors (Lipinski definition) is 2. The molecule has 0 spiro atoms. The molecule has 0 aliphatic carbocycles. The van der Waals surface area contributed by atoms with Gasteiger partial charge in [0.25, 0.3) is 0 Å². The molecule has 140 valence electrons. The number of carbonyl (C=O) groups is 1. The fraction of sp³-hybridized carbons (Fsp3) is 0.278. The molecular weight excluding hydrogens is 356 g/mol. The lowest BCUT2D eigenvalue weighted by molar-refractivity contribution is -0.135. The summed E-state index contributed by atoms with van der Waals surface area (Å²) in [6.45, 7) is 5.34. The Bertz CT molecular complexity index is 1050. The first-order valence-corrected chi connectivity index (χ1v) is 8.10. The Labute approximate surface area is 153 Å². The van der Waals surface area contributed by atoms with Gasteiger partial charge in [-0.25, -0.2) is 28.7 Å². The number of pyridine rings is 1. The number of nitrogens with one attached hydrogen (secondary N) is 1. The SMILES string of the molecule is CC(C)(C)C(CC(=O)O)=Nc1nc(-c2c[nH]c3ncc(F)cc23)ncc1F. The molecule has 3 heterocycles. The summed E-state index contributed by atoms with van der Waals surface area (Å²) < 4.78 is 27.7. The molecule has 0 radical (unpaired) electrons. The van der Waals surface area contributed by atoms with Crippen LogP contribution in [0.5, 0.6) is 0 Å². The predicted octanol–water partition coefficient (Wildman–Crippen LogP) is 3.89. The lowest BCUT2D eigenvalue weighted by Gasteiger charge is -2.20. The summed E-state index contributed by atoms with van der Waals surface area (Å²) in [6, 6.07) is 1.27. The zero-order valence-electron chi connectivity index (χ0n) is 14.9. The maximum Gasteiger partial charge on any atom is 0.309 e. The number of halogens is 2. The quantitative estimate of drug-likeness (QED) is 0.675. The smallest absolute Gasteiger partial charge is 0.309 e. The molecule has 3 aromatic heterocycles. The Balaban J connectivity index is 2.12. The number of aromatic amines is 1. The summed E-state index contributed by atoms with van der Waals surface area (Å²) in [5.41, 5.74) is 0.545. The van der Waals surface area contributed by atoms with E-state index in [0.717, 1.165) is 12.4 Å². The standard InChI is InChI=1S/C18H17F2N5O2/c1-18(2,3)13(5-14(26)27)24-17-12(20)8-23-16(25-17)11-7-22-15-10(11)4-9(19)6-21-15/h4,6-8H,5H2,1-3H3,(H,21,22)(H,26,27). The second-order valence-corrected chi connectivity index (χ2v) is 7.00. The van der Waals surface area contributed by atoms with Crippen molar-refractivity contribution in [3.8, 4) is 11.4 Å². The number of rotatable bonds is 4. The molecule has 0 saturated carbocycles. The normalized spacial score (nSPS) is 12.6. The highest BCUT2D eigenvalue weighted by molar-refractivity contribution is 6.02. The van der Waals surface area contributed by atoms with Gasteiger partial charge in [-0.15, -0.1) is 0 Å². The molecule has 9 heteroatoms. The van der Waals surface area contributed by atoms with Crippen LogP contribution in [0, 0.1) is 17.0 Å². The Kier molecular flexibility index (Phi) is 4.69. The van der Waals surface area contributed by atoms with E-state index < -0.39 is 23.0 Å². The van der Waals surface area contributed by atoms with Crippen LogP contribution in [-0.2, 0) is 4.79 Å². The molecule has 0 amide bonds. The monoisotopic (exact) mass is 373 g/mol. The van der Waals surface area contributed by atoms with Crippen LogP contribution in [0.4, 0.5) is 14.6 Å². The molecule has 2 N–H and O–H groups in total. The highest BCUT2D eigenvalue weighted by Gasteiger charge is 2.23. The summed E-state index contributed by atoms with van der Waals surface area (Å²) in [7, 11) is 0. The number of aromatic nitrogens is 4. The largest absolute Gasteiger partial charge is 0.481 e. The molecule has 0 aliphatic heterocycles. The lowest BCUT2D eigenvalue weighted by Crippen LogP contribution is -2.23. The van der Waals surface area contributed by atoms with Gasteiger partial charge in [0.2, 0.25) is 0 Å². The number of aliphatic carboxylic acids is 1. The van der Waals surface area contributed by atoms with Gasteiger partial charge in [0.1, 0.15) is 11.5 Å². The average Bonchev–Trinajstić information content (AvgIpc) is 2.98. The molecule has 0 aromatic carbocycles. The van der Waals surface area contributed by atoms with Crippen LogP contribution in [0.15, 0.2) is 29.6 Å². The first kappa shape index (κ1) is 18.6. The van der Waals surface area contributed by atoms with Crippen molar-refractivity contribution < 1.29 is 18.7 Å². The number of nitrogens with zero attached hydrogens (tertiary/aromatic N) is 4. The fourth-order valence-corrected chi connectivity index (χ4v) is 2.47. The third-order valence-electron chi connectivity index (χ3n) is 3.89. The van der Waals surface area contributed by atoms with Gasteiger partial charge in [-0.2, -0.15) is 0 Å². The van der Waals surface area contributed by atoms with E-state index in [-0.39, 0.29) is 23.8 Å². The number of H-pyrrole nitrogens is 1. The second-order valence-electron chi connectivity index (χ2n) is 7.00. The highest BCUT2D eigenvalue weighted by Crippen LogP contribution is 2.29. The van der Waals surface area contributed by atoms with Crippen molar-refractivity contribution in [1.29, 1.82) is 0 Å². The van der Waals surface area contributed by atoms with Gasteiger partial charge in [0, 0.05) is 28.3 Å². The summed E-state index contributed by atoms with van der Waals surface area (Å²) in [5.74, 6) is -2.53. The van der Waals surface area contributed by atoms with Crippen LogP contribution in [0.3, 0.4) is 0 Å². The third kappa shape index (κ3) is 3.97. The Hall–Kier alpha value is -3.23. The van der Waals surface area contributed by atoms with E-state index in [2.05, 4.69) is 24.9 Å². The first-order valence-electron chi connectivity index (χ1n) is 8.10.